The minimum absolute atomic E-state index is 0.926. The summed E-state index contributed by atoms with van der Waals surface area (Å²) >= 11 is 1.93. The van der Waals surface area contributed by atoms with E-state index in [1.54, 1.807) is 5.56 Å². The summed E-state index contributed by atoms with van der Waals surface area (Å²) < 4.78 is 0. The average molecular weight is 379 g/mol. The lowest BCUT2D eigenvalue weighted by Gasteiger charge is -2.16. The van der Waals surface area contributed by atoms with Crippen LogP contribution in [0.4, 0.5) is 0 Å². The lowest BCUT2D eigenvalue weighted by atomic mass is 9.89. The van der Waals surface area contributed by atoms with Gasteiger partial charge in [0.2, 0.25) is 0 Å². The van der Waals surface area contributed by atoms with Crippen molar-refractivity contribution in [3.63, 3.8) is 0 Å². The van der Waals surface area contributed by atoms with Crippen molar-refractivity contribution in [2.24, 2.45) is 5.92 Å². The molecule has 1 unspecified atom stereocenters. The highest BCUT2D eigenvalue weighted by Crippen LogP contribution is 2.25. The topological polar surface area (TPSA) is 0 Å². The standard InChI is InChI=1S/C25H46S/c1-4-6-8-10-12-13-15-17-19-24(18-16-14-11-9-7-5-2)21-25-20-23(3)26-22-25/h20,22,24H,4-19,21H2,1-3H3. The van der Waals surface area contributed by atoms with Gasteiger partial charge in [0, 0.05) is 4.88 Å². The molecule has 1 heterocycles. The van der Waals surface area contributed by atoms with Crippen molar-refractivity contribution in [3.05, 3.63) is 21.9 Å². The van der Waals surface area contributed by atoms with Gasteiger partial charge in [-0.1, -0.05) is 117 Å². The molecule has 1 atom stereocenters. The van der Waals surface area contributed by atoms with Gasteiger partial charge >= 0.3 is 0 Å². The van der Waals surface area contributed by atoms with Crippen molar-refractivity contribution >= 4 is 11.3 Å². The molecule has 1 rings (SSSR count). The van der Waals surface area contributed by atoms with Gasteiger partial charge in [0.1, 0.15) is 0 Å². The molecule has 0 aliphatic rings. The molecule has 0 aromatic carbocycles. The maximum atomic E-state index is 2.42. The molecular formula is C25H46S. The maximum absolute atomic E-state index is 2.42. The minimum atomic E-state index is 0.926. The summed E-state index contributed by atoms with van der Waals surface area (Å²) in [6.07, 6.45) is 24.4. The molecule has 1 aromatic heterocycles. The molecule has 152 valence electrons. The Morgan fingerprint density at radius 1 is 0.692 bits per heavy atom. The summed E-state index contributed by atoms with van der Waals surface area (Å²) in [4.78, 5) is 1.48. The highest BCUT2D eigenvalue weighted by molar-refractivity contribution is 7.10. The summed E-state index contributed by atoms with van der Waals surface area (Å²) in [5, 5.41) is 2.40. The third-order valence-corrected chi connectivity index (χ3v) is 6.65. The van der Waals surface area contributed by atoms with Crippen LogP contribution in [0.2, 0.25) is 0 Å². The monoisotopic (exact) mass is 378 g/mol. The fourth-order valence-electron chi connectivity index (χ4n) is 4.07. The molecule has 0 saturated carbocycles. The lowest BCUT2D eigenvalue weighted by Crippen LogP contribution is -2.05. The van der Waals surface area contributed by atoms with E-state index in [1.165, 1.54) is 114 Å². The second kappa shape index (κ2) is 16.8. The number of unbranched alkanes of at least 4 members (excludes halogenated alkanes) is 12. The smallest absolute Gasteiger partial charge is 0.00170 e. The van der Waals surface area contributed by atoms with Crippen LogP contribution in [0.3, 0.4) is 0 Å². The molecule has 0 N–H and O–H groups in total. The summed E-state index contributed by atoms with van der Waals surface area (Å²) in [6, 6.07) is 2.42. The van der Waals surface area contributed by atoms with Crippen LogP contribution < -0.4 is 0 Å². The van der Waals surface area contributed by atoms with Gasteiger partial charge < -0.3 is 0 Å². The van der Waals surface area contributed by atoms with Crippen molar-refractivity contribution in [2.45, 2.75) is 130 Å². The summed E-state index contributed by atoms with van der Waals surface area (Å²) in [6.45, 7) is 6.86. The third-order valence-electron chi connectivity index (χ3n) is 5.74. The Hall–Kier alpha value is -0.300. The molecule has 0 amide bonds. The van der Waals surface area contributed by atoms with Crippen LogP contribution in [0.15, 0.2) is 11.4 Å². The molecule has 0 saturated heterocycles. The molecular weight excluding hydrogens is 332 g/mol. The summed E-state index contributed by atoms with van der Waals surface area (Å²) in [7, 11) is 0. The first-order chi connectivity index (χ1) is 12.8. The number of aryl methyl sites for hydroxylation is 1. The highest BCUT2D eigenvalue weighted by atomic mass is 32.1. The predicted molar refractivity (Wildman–Crippen MR) is 121 cm³/mol. The molecule has 0 aliphatic heterocycles. The molecule has 1 aromatic rings. The Kier molecular flexibility index (Phi) is 15.4. The van der Waals surface area contributed by atoms with E-state index in [9.17, 15) is 0 Å². The summed E-state index contributed by atoms with van der Waals surface area (Å²) in [5.74, 6) is 0.926. The second-order valence-corrected chi connectivity index (χ2v) is 9.57. The first-order valence-corrected chi connectivity index (χ1v) is 12.7. The SMILES string of the molecule is CCCCCCCCCCC(CCCCCCCC)Cc1csc(C)c1. The van der Waals surface area contributed by atoms with E-state index in [0.717, 1.165) is 5.92 Å². The fourth-order valence-corrected chi connectivity index (χ4v) is 4.79. The van der Waals surface area contributed by atoms with Gasteiger partial charge in [-0.3, -0.25) is 0 Å². The Bertz CT molecular complexity index is 406. The third kappa shape index (κ3) is 13.0. The van der Waals surface area contributed by atoms with E-state index in [2.05, 4.69) is 32.2 Å². The predicted octanol–water partition coefficient (Wildman–Crippen LogP) is 9.50. The van der Waals surface area contributed by atoms with E-state index in [-0.39, 0.29) is 0 Å². The number of thiophene rings is 1. The fraction of sp³-hybridized carbons (Fsp3) is 0.840. The van der Waals surface area contributed by atoms with Crippen molar-refractivity contribution in [3.8, 4) is 0 Å². The van der Waals surface area contributed by atoms with Crippen LogP contribution in [0.5, 0.6) is 0 Å². The largest absolute Gasteiger partial charge is 0.149 e. The van der Waals surface area contributed by atoms with E-state index >= 15 is 0 Å². The van der Waals surface area contributed by atoms with Gasteiger partial charge in [0.25, 0.3) is 0 Å². The maximum Gasteiger partial charge on any atom is 0.00170 e. The number of hydrogen-bond donors (Lipinski definition) is 0. The van der Waals surface area contributed by atoms with E-state index < -0.39 is 0 Å². The zero-order valence-corrected chi connectivity index (χ0v) is 19.0. The molecule has 0 spiro atoms. The Morgan fingerprint density at radius 2 is 1.15 bits per heavy atom. The van der Waals surface area contributed by atoms with Gasteiger partial charge in [0.05, 0.1) is 0 Å². The average Bonchev–Trinajstić information content (AvgIpc) is 3.04. The molecule has 26 heavy (non-hydrogen) atoms. The normalized spacial score (nSPS) is 12.6. The lowest BCUT2D eigenvalue weighted by molar-refractivity contribution is 0.400. The Balaban J connectivity index is 2.19. The van der Waals surface area contributed by atoms with Crippen LogP contribution in [-0.2, 0) is 6.42 Å². The quantitative estimate of drug-likeness (QED) is 0.223. The van der Waals surface area contributed by atoms with Gasteiger partial charge in [0.15, 0.2) is 0 Å². The van der Waals surface area contributed by atoms with Gasteiger partial charge in [-0.2, -0.15) is 0 Å². The van der Waals surface area contributed by atoms with E-state index in [0.29, 0.717) is 0 Å². The Labute approximate surface area is 169 Å². The van der Waals surface area contributed by atoms with Crippen LogP contribution in [0.1, 0.15) is 127 Å². The summed E-state index contributed by atoms with van der Waals surface area (Å²) in [5.41, 5.74) is 1.60. The van der Waals surface area contributed by atoms with Crippen molar-refractivity contribution in [2.75, 3.05) is 0 Å². The van der Waals surface area contributed by atoms with Crippen LogP contribution in [0.25, 0.3) is 0 Å². The molecule has 1 heteroatoms. The van der Waals surface area contributed by atoms with Crippen molar-refractivity contribution in [1.82, 2.24) is 0 Å². The molecule has 0 fully saturated rings. The van der Waals surface area contributed by atoms with E-state index in [1.807, 2.05) is 11.3 Å². The zero-order valence-electron chi connectivity index (χ0n) is 18.2. The van der Waals surface area contributed by atoms with Crippen molar-refractivity contribution in [1.29, 1.82) is 0 Å². The molecule has 0 nitrogen and oxygen atoms in total. The van der Waals surface area contributed by atoms with Gasteiger partial charge in [-0.15, -0.1) is 11.3 Å². The Morgan fingerprint density at radius 3 is 1.58 bits per heavy atom. The van der Waals surface area contributed by atoms with E-state index in [4.69, 9.17) is 0 Å². The van der Waals surface area contributed by atoms with Crippen LogP contribution >= 0.6 is 11.3 Å². The second-order valence-electron chi connectivity index (χ2n) is 8.46. The first kappa shape index (κ1) is 23.7. The van der Waals surface area contributed by atoms with Gasteiger partial charge in [-0.25, -0.2) is 0 Å². The van der Waals surface area contributed by atoms with Gasteiger partial charge in [-0.05, 0) is 36.3 Å². The molecule has 0 bridgehead atoms. The molecule has 0 aliphatic carbocycles. The van der Waals surface area contributed by atoms with Crippen LogP contribution in [0, 0.1) is 12.8 Å². The van der Waals surface area contributed by atoms with Crippen molar-refractivity contribution < 1.29 is 0 Å². The van der Waals surface area contributed by atoms with Crippen LogP contribution in [-0.4, -0.2) is 0 Å². The molecule has 0 radical (unpaired) electrons. The number of hydrogen-bond acceptors (Lipinski definition) is 1. The minimum Gasteiger partial charge on any atom is -0.149 e. The highest BCUT2D eigenvalue weighted by Gasteiger charge is 2.11. The first-order valence-electron chi connectivity index (χ1n) is 11.8. The zero-order chi connectivity index (χ0) is 18.9. The number of rotatable bonds is 18.